The van der Waals surface area contributed by atoms with Crippen molar-refractivity contribution in [2.75, 3.05) is 7.11 Å². The van der Waals surface area contributed by atoms with E-state index in [1.807, 2.05) is 29.6 Å². The van der Waals surface area contributed by atoms with E-state index >= 15 is 0 Å². The highest BCUT2D eigenvalue weighted by molar-refractivity contribution is 8.00. The summed E-state index contributed by atoms with van der Waals surface area (Å²) < 4.78 is 7.01. The average molecular weight is 321 g/mol. The van der Waals surface area contributed by atoms with Gasteiger partial charge in [0.05, 0.1) is 18.0 Å². The van der Waals surface area contributed by atoms with Gasteiger partial charge in [-0.1, -0.05) is 23.9 Å². The number of carbonyl (C=O) groups is 2. The molecular weight excluding hydrogens is 306 g/mol. The maximum atomic E-state index is 11.7. The summed E-state index contributed by atoms with van der Waals surface area (Å²) in [6, 6.07) is 6.48. The van der Waals surface area contributed by atoms with Gasteiger partial charge in [-0.05, 0) is 19.1 Å². The second-order valence-electron chi connectivity index (χ2n) is 4.27. The number of nitrogens with two attached hydrogens (primary N) is 1. The highest BCUT2D eigenvalue weighted by atomic mass is 32.2. The molecule has 0 spiro atoms. The molecule has 0 aliphatic carbocycles. The second-order valence-corrected chi connectivity index (χ2v) is 5.58. The lowest BCUT2D eigenvalue weighted by Crippen LogP contribution is -2.39. The molecule has 116 valence electrons. The molecule has 3 N–H and O–H groups in total. The molecule has 1 atom stereocenters. The molecule has 1 heterocycles. The Morgan fingerprint density at radius 3 is 2.82 bits per heavy atom. The lowest BCUT2D eigenvalue weighted by molar-refractivity contribution is -0.119. The van der Waals surface area contributed by atoms with Crippen molar-refractivity contribution in [3.05, 3.63) is 30.6 Å². The van der Waals surface area contributed by atoms with Gasteiger partial charge in [-0.3, -0.25) is 14.7 Å². The van der Waals surface area contributed by atoms with E-state index in [4.69, 9.17) is 10.5 Å². The van der Waals surface area contributed by atoms with Crippen molar-refractivity contribution in [1.82, 2.24) is 20.1 Å². The van der Waals surface area contributed by atoms with Crippen LogP contribution in [0.5, 0.6) is 5.75 Å². The first-order valence-corrected chi connectivity index (χ1v) is 7.21. The van der Waals surface area contributed by atoms with Crippen molar-refractivity contribution in [2.45, 2.75) is 17.3 Å². The third kappa shape index (κ3) is 3.55. The zero-order valence-corrected chi connectivity index (χ0v) is 12.8. The minimum Gasteiger partial charge on any atom is -0.495 e. The molecule has 0 saturated heterocycles. The van der Waals surface area contributed by atoms with Gasteiger partial charge in [0.1, 0.15) is 12.1 Å². The van der Waals surface area contributed by atoms with Gasteiger partial charge in [-0.2, -0.15) is 0 Å². The van der Waals surface area contributed by atoms with Gasteiger partial charge in [0.2, 0.25) is 5.91 Å². The van der Waals surface area contributed by atoms with E-state index in [-0.39, 0.29) is 0 Å². The van der Waals surface area contributed by atoms with Crippen LogP contribution < -0.4 is 15.8 Å². The molecule has 0 aliphatic rings. The number of hydrogen-bond acceptors (Lipinski definition) is 6. The number of imide groups is 1. The number of ether oxygens (including phenoxy) is 1. The lowest BCUT2D eigenvalue weighted by Gasteiger charge is -2.13. The Balaban J connectivity index is 2.23. The number of primary amides is 1. The topological polar surface area (TPSA) is 112 Å². The zero-order valence-electron chi connectivity index (χ0n) is 12.0. The summed E-state index contributed by atoms with van der Waals surface area (Å²) in [6.07, 6.45) is 1.53. The molecule has 8 nitrogen and oxygen atoms in total. The Bertz CT molecular complexity index is 688. The van der Waals surface area contributed by atoms with Crippen LogP contribution in [0.4, 0.5) is 4.79 Å². The van der Waals surface area contributed by atoms with Crippen LogP contribution in [0.15, 0.2) is 35.7 Å². The third-order valence-corrected chi connectivity index (χ3v) is 3.82. The number of carbonyl (C=O) groups excluding carboxylic acids is 2. The fraction of sp³-hybridized carbons (Fsp3) is 0.231. The first-order valence-electron chi connectivity index (χ1n) is 6.33. The molecule has 9 heteroatoms. The number of nitrogens with one attached hydrogen (secondary N) is 1. The van der Waals surface area contributed by atoms with Gasteiger partial charge in [0, 0.05) is 0 Å². The van der Waals surface area contributed by atoms with Crippen molar-refractivity contribution in [3.8, 4) is 11.4 Å². The number of benzene rings is 1. The average Bonchev–Trinajstić information content (AvgIpc) is 2.94. The largest absolute Gasteiger partial charge is 0.495 e. The van der Waals surface area contributed by atoms with Gasteiger partial charge in [0.15, 0.2) is 5.16 Å². The van der Waals surface area contributed by atoms with E-state index in [2.05, 4.69) is 10.2 Å². The number of nitrogens with zero attached hydrogens (tertiary/aromatic N) is 3. The smallest absolute Gasteiger partial charge is 0.318 e. The van der Waals surface area contributed by atoms with Gasteiger partial charge in [0.25, 0.3) is 0 Å². The molecule has 1 aromatic heterocycles. The number of hydrogen-bond donors (Lipinski definition) is 2. The van der Waals surface area contributed by atoms with Crippen molar-refractivity contribution in [2.24, 2.45) is 5.73 Å². The van der Waals surface area contributed by atoms with E-state index in [1.54, 1.807) is 18.6 Å². The molecule has 0 unspecified atom stereocenters. The molecule has 22 heavy (non-hydrogen) atoms. The minimum atomic E-state index is -0.886. The molecule has 2 rings (SSSR count). The van der Waals surface area contributed by atoms with Crippen LogP contribution in [0.1, 0.15) is 6.92 Å². The van der Waals surface area contributed by atoms with Gasteiger partial charge in [-0.15, -0.1) is 10.2 Å². The number of methoxy groups -OCH3 is 1. The summed E-state index contributed by atoms with van der Waals surface area (Å²) in [5.41, 5.74) is 5.68. The van der Waals surface area contributed by atoms with Crippen molar-refractivity contribution in [3.63, 3.8) is 0 Å². The van der Waals surface area contributed by atoms with Gasteiger partial charge < -0.3 is 10.5 Å². The highest BCUT2D eigenvalue weighted by Crippen LogP contribution is 2.28. The predicted octanol–water partition coefficient (Wildman–Crippen LogP) is 0.951. The quantitative estimate of drug-likeness (QED) is 0.793. The van der Waals surface area contributed by atoms with E-state index in [0.717, 1.165) is 17.4 Å². The van der Waals surface area contributed by atoms with Crippen LogP contribution in [0.25, 0.3) is 5.69 Å². The molecule has 1 aromatic carbocycles. The molecule has 3 amide bonds. The van der Waals surface area contributed by atoms with E-state index in [9.17, 15) is 9.59 Å². The molecule has 0 aliphatic heterocycles. The van der Waals surface area contributed by atoms with Crippen LogP contribution in [-0.2, 0) is 4.79 Å². The summed E-state index contributed by atoms with van der Waals surface area (Å²) in [5.74, 6) is 0.158. The van der Waals surface area contributed by atoms with Gasteiger partial charge in [-0.25, -0.2) is 4.79 Å². The summed E-state index contributed by atoms with van der Waals surface area (Å²) >= 11 is 1.15. The zero-order chi connectivity index (χ0) is 16.1. The highest BCUT2D eigenvalue weighted by Gasteiger charge is 2.20. The van der Waals surface area contributed by atoms with Crippen LogP contribution in [-0.4, -0.2) is 39.1 Å². The second kappa shape index (κ2) is 6.94. The monoisotopic (exact) mass is 321 g/mol. The maximum Gasteiger partial charge on any atom is 0.318 e. The SMILES string of the molecule is COc1ccccc1-n1cnnc1S[C@H](C)C(=O)NC(N)=O. The maximum absolute atomic E-state index is 11.7. The third-order valence-electron chi connectivity index (χ3n) is 2.76. The summed E-state index contributed by atoms with van der Waals surface area (Å²) in [4.78, 5) is 22.5. The fourth-order valence-corrected chi connectivity index (χ4v) is 2.57. The molecule has 0 bridgehead atoms. The number of amides is 3. The van der Waals surface area contributed by atoms with E-state index in [1.165, 1.54) is 6.33 Å². The van der Waals surface area contributed by atoms with Crippen LogP contribution >= 0.6 is 11.8 Å². The van der Waals surface area contributed by atoms with Crippen molar-refractivity contribution in [1.29, 1.82) is 0 Å². The van der Waals surface area contributed by atoms with E-state index in [0.29, 0.717) is 10.9 Å². The molecule has 0 fully saturated rings. The summed E-state index contributed by atoms with van der Waals surface area (Å²) in [5, 5.41) is 9.82. The first-order chi connectivity index (χ1) is 10.5. The Kier molecular flexibility index (Phi) is 4.99. The van der Waals surface area contributed by atoms with Crippen molar-refractivity contribution >= 4 is 23.7 Å². The fourth-order valence-electron chi connectivity index (χ4n) is 1.73. The Labute approximate surface area is 131 Å². The van der Waals surface area contributed by atoms with Crippen LogP contribution in [0.2, 0.25) is 0 Å². The molecule has 2 aromatic rings. The summed E-state index contributed by atoms with van der Waals surface area (Å²) in [7, 11) is 1.57. The Hall–Kier alpha value is -2.55. The minimum absolute atomic E-state index is 0.493. The van der Waals surface area contributed by atoms with Crippen molar-refractivity contribution < 1.29 is 14.3 Å². The Morgan fingerprint density at radius 2 is 2.14 bits per heavy atom. The number of para-hydroxylation sites is 2. The van der Waals surface area contributed by atoms with E-state index < -0.39 is 17.2 Å². The first kappa shape index (κ1) is 15.8. The standard InChI is InChI=1S/C13H15N5O3S/c1-8(11(19)16-12(14)20)22-13-17-15-7-18(13)9-5-3-4-6-10(9)21-2/h3-8H,1-2H3,(H3,14,16,19,20)/t8-/m1/s1. The molecule has 0 radical (unpaired) electrons. The molecule has 0 saturated carbocycles. The predicted molar refractivity (Wildman–Crippen MR) is 81.0 cm³/mol. The Morgan fingerprint density at radius 1 is 1.41 bits per heavy atom. The van der Waals surface area contributed by atoms with Crippen LogP contribution in [0.3, 0.4) is 0 Å². The number of aromatic nitrogens is 3. The molecular formula is C13H15N5O3S. The number of urea groups is 1. The number of thioether (sulfide) groups is 1. The summed E-state index contributed by atoms with van der Waals surface area (Å²) in [6.45, 7) is 1.64. The number of rotatable bonds is 5. The normalized spacial score (nSPS) is 11.7. The lowest BCUT2D eigenvalue weighted by atomic mass is 10.3. The van der Waals surface area contributed by atoms with Gasteiger partial charge >= 0.3 is 6.03 Å². The van der Waals surface area contributed by atoms with Crippen LogP contribution in [0, 0.1) is 0 Å².